The normalized spacial score (nSPS) is 20.7. The second kappa shape index (κ2) is 6.87. The molecule has 2 aromatic rings. The number of ether oxygens (including phenoxy) is 1. The average molecular weight is 311 g/mol. The molecule has 0 N–H and O–H groups in total. The van der Waals surface area contributed by atoms with E-state index in [-0.39, 0.29) is 17.7 Å². The maximum absolute atomic E-state index is 12.7. The number of aryl methyl sites for hydroxylation is 1. The molecule has 5 nitrogen and oxygen atoms in total. The van der Waals surface area contributed by atoms with E-state index in [2.05, 4.69) is 9.97 Å². The Labute approximate surface area is 136 Å². The average Bonchev–Trinajstić information content (AvgIpc) is 2.99. The first kappa shape index (κ1) is 15.6. The minimum absolute atomic E-state index is 0.0202. The SMILES string of the molecule is COC[C@@H]1CN(C(=O)c2cccc(C)n2)C[C@H]1c1ccccn1. The van der Waals surface area contributed by atoms with E-state index in [0.29, 0.717) is 25.4 Å². The summed E-state index contributed by atoms with van der Waals surface area (Å²) in [6, 6.07) is 11.4. The number of amides is 1. The number of likely N-dealkylation sites (tertiary alicyclic amines) is 1. The Morgan fingerprint density at radius 1 is 1.26 bits per heavy atom. The minimum Gasteiger partial charge on any atom is -0.384 e. The van der Waals surface area contributed by atoms with Gasteiger partial charge >= 0.3 is 0 Å². The molecule has 0 aliphatic carbocycles. The highest BCUT2D eigenvalue weighted by Gasteiger charge is 2.37. The number of carbonyl (C=O) groups excluding carboxylic acids is 1. The van der Waals surface area contributed by atoms with Crippen LogP contribution in [-0.2, 0) is 4.74 Å². The summed E-state index contributed by atoms with van der Waals surface area (Å²) in [6.07, 6.45) is 1.80. The van der Waals surface area contributed by atoms with E-state index in [1.54, 1.807) is 19.4 Å². The van der Waals surface area contributed by atoms with Gasteiger partial charge in [0.1, 0.15) is 5.69 Å². The van der Waals surface area contributed by atoms with Crippen LogP contribution < -0.4 is 0 Å². The molecule has 3 heterocycles. The van der Waals surface area contributed by atoms with Crippen LogP contribution in [0.1, 0.15) is 27.8 Å². The van der Waals surface area contributed by atoms with E-state index in [9.17, 15) is 4.79 Å². The fraction of sp³-hybridized carbons (Fsp3) is 0.389. The fourth-order valence-corrected chi connectivity index (χ4v) is 3.17. The van der Waals surface area contributed by atoms with Crippen molar-refractivity contribution in [2.45, 2.75) is 12.8 Å². The van der Waals surface area contributed by atoms with Gasteiger partial charge in [0.2, 0.25) is 0 Å². The van der Waals surface area contributed by atoms with Gasteiger partial charge in [-0.3, -0.25) is 9.78 Å². The Morgan fingerprint density at radius 2 is 2.13 bits per heavy atom. The van der Waals surface area contributed by atoms with E-state index in [1.165, 1.54) is 0 Å². The third-order valence-electron chi connectivity index (χ3n) is 4.28. The predicted octanol–water partition coefficient (Wildman–Crippen LogP) is 2.29. The third kappa shape index (κ3) is 3.40. The molecule has 5 heteroatoms. The van der Waals surface area contributed by atoms with Gasteiger partial charge in [0.15, 0.2) is 0 Å². The molecular weight excluding hydrogens is 290 g/mol. The number of aromatic nitrogens is 2. The maximum Gasteiger partial charge on any atom is 0.272 e. The van der Waals surface area contributed by atoms with Gasteiger partial charge in [-0.05, 0) is 31.2 Å². The van der Waals surface area contributed by atoms with Crippen molar-refractivity contribution < 1.29 is 9.53 Å². The molecule has 2 atom stereocenters. The summed E-state index contributed by atoms with van der Waals surface area (Å²) >= 11 is 0. The van der Waals surface area contributed by atoms with Gasteiger partial charge in [-0.2, -0.15) is 0 Å². The molecule has 3 rings (SSSR count). The van der Waals surface area contributed by atoms with Crippen LogP contribution in [0.4, 0.5) is 0 Å². The van der Waals surface area contributed by atoms with Gasteiger partial charge in [-0.1, -0.05) is 12.1 Å². The summed E-state index contributed by atoms with van der Waals surface area (Å²) < 4.78 is 5.35. The highest BCUT2D eigenvalue weighted by atomic mass is 16.5. The van der Waals surface area contributed by atoms with E-state index in [0.717, 1.165) is 11.4 Å². The topological polar surface area (TPSA) is 55.3 Å². The Kier molecular flexibility index (Phi) is 4.67. The standard InChI is InChI=1S/C18H21N3O2/c1-13-6-5-8-17(20-13)18(22)21-10-14(12-23-2)15(11-21)16-7-3-4-9-19-16/h3-9,14-15H,10-12H2,1-2H3/t14-,15+/m0/s1. The summed E-state index contributed by atoms with van der Waals surface area (Å²) in [5, 5.41) is 0. The molecular formula is C18H21N3O2. The zero-order chi connectivity index (χ0) is 16.2. The molecule has 0 radical (unpaired) electrons. The minimum atomic E-state index is -0.0202. The molecule has 23 heavy (non-hydrogen) atoms. The number of carbonyl (C=O) groups is 1. The molecule has 1 amide bonds. The van der Waals surface area contributed by atoms with Crippen LogP contribution in [0.2, 0.25) is 0 Å². The molecule has 0 spiro atoms. The lowest BCUT2D eigenvalue weighted by atomic mass is 9.93. The van der Waals surface area contributed by atoms with Gasteiger partial charge < -0.3 is 9.64 Å². The summed E-state index contributed by atoms with van der Waals surface area (Å²) in [7, 11) is 1.70. The second-order valence-corrected chi connectivity index (χ2v) is 5.95. The number of hydrogen-bond donors (Lipinski definition) is 0. The first-order valence-electron chi connectivity index (χ1n) is 7.82. The van der Waals surface area contributed by atoms with Crippen LogP contribution >= 0.6 is 0 Å². The number of nitrogens with zero attached hydrogens (tertiary/aromatic N) is 3. The van der Waals surface area contributed by atoms with Crippen LogP contribution in [0.25, 0.3) is 0 Å². The molecule has 0 bridgehead atoms. The molecule has 1 aliphatic rings. The van der Waals surface area contributed by atoms with Crippen molar-refractivity contribution >= 4 is 5.91 Å². The summed E-state index contributed by atoms with van der Waals surface area (Å²) in [5.74, 6) is 0.432. The van der Waals surface area contributed by atoms with Crippen molar-refractivity contribution in [3.63, 3.8) is 0 Å². The van der Waals surface area contributed by atoms with Crippen LogP contribution in [0, 0.1) is 12.8 Å². The molecule has 1 saturated heterocycles. The number of methoxy groups -OCH3 is 1. The predicted molar refractivity (Wildman–Crippen MR) is 87.2 cm³/mol. The summed E-state index contributed by atoms with van der Waals surface area (Å²) in [5.41, 5.74) is 2.37. The number of hydrogen-bond acceptors (Lipinski definition) is 4. The summed E-state index contributed by atoms with van der Waals surface area (Å²) in [6.45, 7) is 3.83. The molecule has 1 aliphatic heterocycles. The number of rotatable bonds is 4. The molecule has 0 unspecified atom stereocenters. The lowest BCUT2D eigenvalue weighted by Gasteiger charge is -2.16. The van der Waals surface area contributed by atoms with Crippen molar-refractivity contribution in [2.24, 2.45) is 5.92 Å². The number of pyridine rings is 2. The van der Waals surface area contributed by atoms with Crippen molar-refractivity contribution in [1.29, 1.82) is 0 Å². The van der Waals surface area contributed by atoms with Gasteiger partial charge in [0.05, 0.1) is 6.61 Å². The van der Waals surface area contributed by atoms with Gasteiger partial charge in [0.25, 0.3) is 5.91 Å². The first-order valence-corrected chi connectivity index (χ1v) is 7.82. The molecule has 2 aromatic heterocycles. The highest BCUT2D eigenvalue weighted by molar-refractivity contribution is 5.92. The van der Waals surface area contributed by atoms with E-state index in [4.69, 9.17) is 4.74 Å². The van der Waals surface area contributed by atoms with Crippen LogP contribution in [0.3, 0.4) is 0 Å². The Bertz CT molecular complexity index is 675. The third-order valence-corrected chi connectivity index (χ3v) is 4.28. The Balaban J connectivity index is 1.81. The zero-order valence-corrected chi connectivity index (χ0v) is 13.5. The molecule has 120 valence electrons. The van der Waals surface area contributed by atoms with Crippen LogP contribution in [0.15, 0.2) is 42.6 Å². The lowest BCUT2D eigenvalue weighted by molar-refractivity contribution is 0.0769. The van der Waals surface area contributed by atoms with Crippen LogP contribution in [0.5, 0.6) is 0 Å². The second-order valence-electron chi connectivity index (χ2n) is 5.95. The van der Waals surface area contributed by atoms with E-state index >= 15 is 0 Å². The van der Waals surface area contributed by atoms with Crippen molar-refractivity contribution in [1.82, 2.24) is 14.9 Å². The molecule has 0 saturated carbocycles. The van der Waals surface area contributed by atoms with Crippen LogP contribution in [-0.4, -0.2) is 47.6 Å². The Morgan fingerprint density at radius 3 is 2.83 bits per heavy atom. The quantitative estimate of drug-likeness (QED) is 0.869. The molecule has 0 aromatic carbocycles. The lowest BCUT2D eigenvalue weighted by Crippen LogP contribution is -2.30. The van der Waals surface area contributed by atoms with E-state index < -0.39 is 0 Å². The smallest absolute Gasteiger partial charge is 0.272 e. The monoisotopic (exact) mass is 311 g/mol. The Hall–Kier alpha value is -2.27. The zero-order valence-electron chi connectivity index (χ0n) is 13.5. The van der Waals surface area contributed by atoms with Crippen molar-refractivity contribution in [2.75, 3.05) is 26.8 Å². The van der Waals surface area contributed by atoms with Crippen molar-refractivity contribution in [3.05, 3.63) is 59.7 Å². The highest BCUT2D eigenvalue weighted by Crippen LogP contribution is 2.32. The summed E-state index contributed by atoms with van der Waals surface area (Å²) in [4.78, 5) is 23.4. The maximum atomic E-state index is 12.7. The van der Waals surface area contributed by atoms with Gasteiger partial charge in [-0.25, -0.2) is 4.98 Å². The van der Waals surface area contributed by atoms with Gasteiger partial charge in [-0.15, -0.1) is 0 Å². The fourth-order valence-electron chi connectivity index (χ4n) is 3.17. The van der Waals surface area contributed by atoms with E-state index in [1.807, 2.05) is 42.2 Å². The first-order chi connectivity index (χ1) is 11.2. The van der Waals surface area contributed by atoms with Gasteiger partial charge in [0, 0.05) is 49.6 Å². The largest absolute Gasteiger partial charge is 0.384 e. The molecule has 1 fully saturated rings. The van der Waals surface area contributed by atoms with Crippen molar-refractivity contribution in [3.8, 4) is 0 Å².